The minimum Gasteiger partial charge on any atom is -0.624 e. The van der Waals surface area contributed by atoms with Crippen molar-refractivity contribution in [2.75, 3.05) is 13.7 Å². The zero-order valence-corrected chi connectivity index (χ0v) is 13.4. The number of methoxy groups -OCH3 is 1. The molecule has 0 bridgehead atoms. The molecule has 0 radical (unpaired) electrons. The van der Waals surface area contributed by atoms with E-state index in [-0.39, 0.29) is 18.2 Å². The van der Waals surface area contributed by atoms with Gasteiger partial charge < -0.3 is 9.94 Å². The number of hydrogen-bond acceptors (Lipinski definition) is 3. The van der Waals surface area contributed by atoms with Crippen molar-refractivity contribution in [2.45, 2.75) is 13.3 Å². The summed E-state index contributed by atoms with van der Waals surface area (Å²) in [6.07, 6.45) is 2.14. The van der Waals surface area contributed by atoms with Gasteiger partial charge in [0.1, 0.15) is 5.75 Å². The first-order chi connectivity index (χ1) is 11.1. The van der Waals surface area contributed by atoms with Crippen LogP contribution in [0.15, 0.2) is 54.6 Å². The Labute approximate surface area is 136 Å². The lowest BCUT2D eigenvalue weighted by Crippen LogP contribution is -2.24. The minimum absolute atomic E-state index is 0.0162. The molecule has 0 fully saturated rings. The van der Waals surface area contributed by atoms with Crippen LogP contribution in [0.3, 0.4) is 0 Å². The molecule has 0 heterocycles. The summed E-state index contributed by atoms with van der Waals surface area (Å²) < 4.78 is 5.93. The van der Waals surface area contributed by atoms with Gasteiger partial charge in [0.15, 0.2) is 18.5 Å². The summed E-state index contributed by atoms with van der Waals surface area (Å²) in [6, 6.07) is 16.3. The second-order valence-corrected chi connectivity index (χ2v) is 5.34. The molecule has 0 saturated carbocycles. The summed E-state index contributed by atoms with van der Waals surface area (Å²) in [4.78, 5) is 12.5. The Morgan fingerprint density at radius 1 is 1.17 bits per heavy atom. The minimum atomic E-state index is -0.333. The number of Topliss-reactive ketones (excluding diaryl/α,β-unsaturated/α-hetero) is 1. The maximum Gasteiger partial charge on any atom is 0.181 e. The summed E-state index contributed by atoms with van der Waals surface area (Å²) in [5.74, 6) is 0.357. The lowest BCUT2D eigenvalue weighted by Gasteiger charge is -2.14. The smallest absolute Gasteiger partial charge is 0.181 e. The van der Waals surface area contributed by atoms with Crippen molar-refractivity contribution in [2.24, 2.45) is 5.92 Å². The molecule has 0 N–H and O–H groups in total. The van der Waals surface area contributed by atoms with E-state index < -0.39 is 0 Å². The second kappa shape index (κ2) is 8.13. The molecular formula is C19H21NO3. The molecule has 0 amide bonds. The van der Waals surface area contributed by atoms with Gasteiger partial charge in [-0.2, -0.15) is 0 Å². The normalized spacial score (nSPS) is 12.7. The Kier molecular flexibility index (Phi) is 5.92. The van der Waals surface area contributed by atoms with Gasteiger partial charge in [-0.25, -0.2) is 4.74 Å². The Hall–Kier alpha value is -2.62. The summed E-state index contributed by atoms with van der Waals surface area (Å²) in [6.45, 7) is 2.07. The Bertz CT molecular complexity index is 663. The van der Waals surface area contributed by atoms with Gasteiger partial charge in [0.25, 0.3) is 0 Å². The lowest BCUT2D eigenvalue weighted by atomic mass is 9.95. The van der Waals surface area contributed by atoms with Gasteiger partial charge >= 0.3 is 0 Å². The van der Waals surface area contributed by atoms with E-state index in [1.54, 1.807) is 31.4 Å². The van der Waals surface area contributed by atoms with Crippen LogP contribution in [0.2, 0.25) is 0 Å². The van der Waals surface area contributed by atoms with Crippen molar-refractivity contribution in [3.63, 3.8) is 0 Å². The number of ether oxygens (including phenoxy) is 1. The van der Waals surface area contributed by atoms with E-state index in [1.165, 1.54) is 6.21 Å². The molecule has 0 aromatic heterocycles. The molecule has 1 atom stereocenters. The van der Waals surface area contributed by atoms with E-state index >= 15 is 0 Å². The van der Waals surface area contributed by atoms with E-state index in [1.807, 2.05) is 37.3 Å². The molecule has 2 aromatic carbocycles. The first kappa shape index (κ1) is 16.7. The quantitative estimate of drug-likeness (QED) is 0.258. The molecule has 120 valence electrons. The van der Waals surface area contributed by atoms with Crippen LogP contribution in [0.25, 0.3) is 0 Å². The largest absolute Gasteiger partial charge is 0.624 e. The fourth-order valence-corrected chi connectivity index (χ4v) is 2.36. The molecule has 4 heteroatoms. The van der Waals surface area contributed by atoms with E-state index in [9.17, 15) is 10.0 Å². The number of nitrogens with zero attached hydrogens (tertiary/aromatic N) is 1. The summed E-state index contributed by atoms with van der Waals surface area (Å²) in [5, 5.41) is 12.1. The van der Waals surface area contributed by atoms with Gasteiger partial charge in [-0.3, -0.25) is 4.79 Å². The number of hydrogen-bond donors (Lipinski definition) is 0. The van der Waals surface area contributed by atoms with Crippen LogP contribution in [-0.4, -0.2) is 30.4 Å². The van der Waals surface area contributed by atoms with E-state index in [0.717, 1.165) is 10.3 Å². The molecule has 0 saturated heterocycles. The summed E-state index contributed by atoms with van der Waals surface area (Å²) >= 11 is 0. The van der Waals surface area contributed by atoms with Gasteiger partial charge in [0.05, 0.1) is 13.0 Å². The third-order valence-electron chi connectivity index (χ3n) is 3.73. The molecule has 4 nitrogen and oxygen atoms in total. The number of ketones is 1. The highest BCUT2D eigenvalue weighted by molar-refractivity contribution is 5.98. The lowest BCUT2D eigenvalue weighted by molar-refractivity contribution is -0.458. The van der Waals surface area contributed by atoms with E-state index in [4.69, 9.17) is 4.74 Å². The van der Waals surface area contributed by atoms with E-state index in [0.29, 0.717) is 17.7 Å². The number of hydroxylamine groups is 1. The second-order valence-electron chi connectivity index (χ2n) is 5.34. The van der Waals surface area contributed by atoms with Crippen LogP contribution in [0.4, 0.5) is 0 Å². The Morgan fingerprint density at radius 2 is 1.83 bits per heavy atom. The first-order valence-electron chi connectivity index (χ1n) is 7.66. The van der Waals surface area contributed by atoms with Crippen LogP contribution in [0.1, 0.15) is 29.3 Å². The monoisotopic (exact) mass is 311 g/mol. The number of carbonyl (C=O) groups excluding carboxylic acids is 1. The molecule has 23 heavy (non-hydrogen) atoms. The highest BCUT2D eigenvalue weighted by atomic mass is 16.5. The number of rotatable bonds is 7. The van der Waals surface area contributed by atoms with Crippen LogP contribution in [0, 0.1) is 11.1 Å². The fraction of sp³-hybridized carbons (Fsp3) is 0.263. The zero-order valence-electron chi connectivity index (χ0n) is 13.4. The molecule has 1 unspecified atom stereocenters. The van der Waals surface area contributed by atoms with Gasteiger partial charge in [0, 0.05) is 11.1 Å². The van der Waals surface area contributed by atoms with Crippen LogP contribution >= 0.6 is 0 Å². The van der Waals surface area contributed by atoms with Gasteiger partial charge in [0.2, 0.25) is 0 Å². The van der Waals surface area contributed by atoms with Gasteiger partial charge in [-0.05, 0) is 42.8 Å². The zero-order chi connectivity index (χ0) is 16.7. The predicted octanol–water partition coefficient (Wildman–Crippen LogP) is 3.53. The average molecular weight is 311 g/mol. The van der Waals surface area contributed by atoms with Crippen molar-refractivity contribution in [3.05, 3.63) is 70.9 Å². The summed E-state index contributed by atoms with van der Waals surface area (Å²) in [7, 11) is 1.58. The molecule has 0 aliphatic rings. The third kappa shape index (κ3) is 4.68. The highest BCUT2D eigenvalue weighted by Gasteiger charge is 2.21. The summed E-state index contributed by atoms with van der Waals surface area (Å²) in [5.41, 5.74) is 1.43. The highest BCUT2D eigenvalue weighted by Crippen LogP contribution is 2.17. The SMILES string of the molecule is CCC(C[N+]([O-])=Cc1ccccc1)C(=O)c1ccc(OC)cc1. The standard InChI is InChI=1S/C19H21NO3/c1-3-16(14-20(22)13-15-7-5-4-6-8-15)19(21)17-9-11-18(23-2)12-10-17/h4-13,16H,3,14H2,1-2H3. The molecule has 0 spiro atoms. The Morgan fingerprint density at radius 3 is 2.39 bits per heavy atom. The van der Waals surface area contributed by atoms with Crippen molar-refractivity contribution >= 4 is 12.0 Å². The van der Waals surface area contributed by atoms with Gasteiger partial charge in [-0.15, -0.1) is 0 Å². The molecular weight excluding hydrogens is 290 g/mol. The number of benzene rings is 2. The molecule has 2 aromatic rings. The van der Waals surface area contributed by atoms with Crippen molar-refractivity contribution in [3.8, 4) is 5.75 Å². The molecule has 0 aliphatic heterocycles. The fourth-order valence-electron chi connectivity index (χ4n) is 2.36. The first-order valence-corrected chi connectivity index (χ1v) is 7.66. The van der Waals surface area contributed by atoms with Crippen LogP contribution in [0.5, 0.6) is 5.75 Å². The number of carbonyl (C=O) groups is 1. The van der Waals surface area contributed by atoms with Crippen LogP contribution < -0.4 is 4.74 Å². The predicted molar refractivity (Wildman–Crippen MR) is 91.2 cm³/mol. The molecule has 2 rings (SSSR count). The van der Waals surface area contributed by atoms with Crippen LogP contribution in [-0.2, 0) is 0 Å². The average Bonchev–Trinajstić information content (AvgIpc) is 2.60. The molecule has 0 aliphatic carbocycles. The van der Waals surface area contributed by atoms with Crippen molar-refractivity contribution in [1.82, 2.24) is 0 Å². The van der Waals surface area contributed by atoms with Gasteiger partial charge in [-0.1, -0.05) is 25.1 Å². The van der Waals surface area contributed by atoms with Crippen molar-refractivity contribution in [1.29, 1.82) is 0 Å². The topological polar surface area (TPSA) is 52.4 Å². The Balaban J connectivity index is 2.09. The van der Waals surface area contributed by atoms with Crippen molar-refractivity contribution < 1.29 is 14.3 Å². The maximum absolute atomic E-state index is 12.5. The third-order valence-corrected chi connectivity index (χ3v) is 3.73. The van der Waals surface area contributed by atoms with E-state index in [2.05, 4.69) is 0 Å². The maximum atomic E-state index is 12.5.